The highest BCUT2D eigenvalue weighted by molar-refractivity contribution is 5.82. The van der Waals surface area contributed by atoms with Crippen LogP contribution in [0, 0.1) is 13.8 Å². The SMILES string of the molecule is COc1ccc(C(OC(=O)[C@H](CCCNC(c2ccccc2)(c2ccccc2)c2ccc(C)cc2)NC(=O)OCC2c3ccccc3-c3ccccc32)c2ccc(C)cc2)cc1. The smallest absolute Gasteiger partial charge is 0.407 e. The van der Waals surface area contributed by atoms with Crippen molar-refractivity contribution >= 4 is 12.1 Å². The molecule has 0 aromatic heterocycles. The van der Waals surface area contributed by atoms with Gasteiger partial charge in [-0.15, -0.1) is 0 Å². The molecule has 1 aliphatic rings. The minimum absolute atomic E-state index is 0.119. The van der Waals surface area contributed by atoms with E-state index in [9.17, 15) is 9.59 Å². The second kappa shape index (κ2) is 19.2. The van der Waals surface area contributed by atoms with Crippen molar-refractivity contribution in [2.45, 2.75) is 50.3 Å². The standard InChI is InChI=1S/C55H52N2O5/c1-38-24-28-40(29-25-38)52(41-30-34-45(60-3)35-31-41)62-53(58)51(57-54(59)61-37-50-48-21-12-10-19-46(48)47-20-11-13-22-49(47)50)23-14-36-56-55(42-15-6-4-7-16-42,43-17-8-5-9-18-43)44-32-26-39(2)27-33-44/h4-13,15-22,24-35,50-52,56H,14,23,36-37H2,1-3H3,(H,57,59)/t51-,52?/m0/s1. The summed E-state index contributed by atoms with van der Waals surface area (Å²) in [6.07, 6.45) is -0.605. The molecule has 8 rings (SSSR count). The molecule has 0 saturated heterocycles. The Morgan fingerprint density at radius 2 is 1.08 bits per heavy atom. The van der Waals surface area contributed by atoms with Crippen LogP contribution in [0.4, 0.5) is 4.79 Å². The summed E-state index contributed by atoms with van der Waals surface area (Å²) >= 11 is 0. The van der Waals surface area contributed by atoms with Gasteiger partial charge in [0.2, 0.25) is 0 Å². The van der Waals surface area contributed by atoms with Crippen molar-refractivity contribution in [2.75, 3.05) is 20.3 Å². The van der Waals surface area contributed by atoms with Crippen LogP contribution in [0.1, 0.15) is 74.9 Å². The highest BCUT2D eigenvalue weighted by Crippen LogP contribution is 2.44. The first kappa shape index (κ1) is 41.8. The van der Waals surface area contributed by atoms with Crippen LogP contribution in [0.25, 0.3) is 11.1 Å². The van der Waals surface area contributed by atoms with Crippen LogP contribution in [0.5, 0.6) is 5.75 Å². The maximum Gasteiger partial charge on any atom is 0.407 e. The van der Waals surface area contributed by atoms with Gasteiger partial charge in [-0.05, 0) is 95.4 Å². The minimum atomic E-state index is -1.01. The Morgan fingerprint density at radius 1 is 0.597 bits per heavy atom. The lowest BCUT2D eigenvalue weighted by Gasteiger charge is -2.37. The van der Waals surface area contributed by atoms with Gasteiger partial charge >= 0.3 is 12.1 Å². The molecular weight excluding hydrogens is 769 g/mol. The molecule has 0 saturated carbocycles. The molecule has 2 N–H and O–H groups in total. The fourth-order valence-corrected chi connectivity index (χ4v) is 8.65. The lowest BCUT2D eigenvalue weighted by Crippen LogP contribution is -2.46. The predicted octanol–water partition coefficient (Wildman–Crippen LogP) is 11.2. The Morgan fingerprint density at radius 3 is 1.63 bits per heavy atom. The van der Waals surface area contributed by atoms with Gasteiger partial charge in [-0.1, -0.05) is 181 Å². The fraction of sp³-hybridized carbons (Fsp3) is 0.200. The van der Waals surface area contributed by atoms with Crippen LogP contribution < -0.4 is 15.4 Å². The van der Waals surface area contributed by atoms with Crippen molar-refractivity contribution in [3.8, 4) is 16.9 Å². The molecule has 7 aromatic carbocycles. The van der Waals surface area contributed by atoms with Gasteiger partial charge in [0.15, 0.2) is 6.10 Å². The van der Waals surface area contributed by atoms with Crippen molar-refractivity contribution in [1.82, 2.24) is 10.6 Å². The van der Waals surface area contributed by atoms with Gasteiger partial charge < -0.3 is 19.5 Å². The van der Waals surface area contributed by atoms with Crippen LogP contribution in [0.3, 0.4) is 0 Å². The summed E-state index contributed by atoms with van der Waals surface area (Å²) in [6, 6.07) is 60.3. The highest BCUT2D eigenvalue weighted by Gasteiger charge is 2.36. The monoisotopic (exact) mass is 820 g/mol. The number of benzene rings is 7. The van der Waals surface area contributed by atoms with Gasteiger partial charge in [-0.3, -0.25) is 5.32 Å². The molecule has 0 radical (unpaired) electrons. The Kier molecular flexibility index (Phi) is 12.9. The first-order chi connectivity index (χ1) is 30.3. The Labute approximate surface area is 364 Å². The number of carbonyl (C=O) groups is 2. The fourth-order valence-electron chi connectivity index (χ4n) is 8.65. The molecule has 7 aromatic rings. The summed E-state index contributed by atoms with van der Waals surface area (Å²) in [5.41, 5.74) is 10.9. The van der Waals surface area contributed by atoms with E-state index < -0.39 is 29.7 Å². The maximum absolute atomic E-state index is 14.6. The molecule has 0 aliphatic heterocycles. The van der Waals surface area contributed by atoms with Crippen molar-refractivity contribution in [1.29, 1.82) is 0 Å². The number of alkyl carbamates (subject to hydrolysis) is 1. The van der Waals surface area contributed by atoms with Crippen LogP contribution >= 0.6 is 0 Å². The number of methoxy groups -OCH3 is 1. The van der Waals surface area contributed by atoms with Crippen LogP contribution in [-0.2, 0) is 19.8 Å². The Bertz CT molecular complexity index is 2490. The van der Waals surface area contributed by atoms with E-state index >= 15 is 0 Å². The summed E-state index contributed by atoms with van der Waals surface area (Å²) in [5.74, 6) is 0.00294. The summed E-state index contributed by atoms with van der Waals surface area (Å²) in [5, 5.41) is 6.87. The van der Waals surface area contributed by atoms with Crippen molar-refractivity contribution in [3.63, 3.8) is 0 Å². The summed E-state index contributed by atoms with van der Waals surface area (Å²) in [6.45, 7) is 4.73. The van der Waals surface area contributed by atoms with Crippen LogP contribution in [0.2, 0.25) is 0 Å². The number of esters is 1. The third-order valence-corrected chi connectivity index (χ3v) is 11.9. The van der Waals surface area contributed by atoms with Gasteiger partial charge in [0.1, 0.15) is 18.4 Å². The number of rotatable bonds is 16. The quantitative estimate of drug-likeness (QED) is 0.0574. The van der Waals surface area contributed by atoms with Gasteiger partial charge in [0.25, 0.3) is 0 Å². The molecule has 62 heavy (non-hydrogen) atoms. The average Bonchev–Trinajstić information content (AvgIpc) is 3.64. The molecule has 0 heterocycles. The summed E-state index contributed by atoms with van der Waals surface area (Å²) in [4.78, 5) is 28.4. The number of ether oxygens (including phenoxy) is 3. The molecule has 7 heteroatoms. The second-order valence-electron chi connectivity index (χ2n) is 15.9. The van der Waals surface area contributed by atoms with E-state index in [1.165, 1.54) is 5.56 Å². The molecule has 0 spiro atoms. The van der Waals surface area contributed by atoms with Gasteiger partial charge in [0.05, 0.1) is 12.6 Å². The zero-order valence-corrected chi connectivity index (χ0v) is 35.4. The van der Waals surface area contributed by atoms with Gasteiger partial charge in [-0.2, -0.15) is 0 Å². The highest BCUT2D eigenvalue weighted by atomic mass is 16.6. The minimum Gasteiger partial charge on any atom is -0.497 e. The largest absolute Gasteiger partial charge is 0.497 e. The van der Waals surface area contributed by atoms with Crippen molar-refractivity contribution in [3.05, 3.63) is 232 Å². The summed E-state index contributed by atoms with van der Waals surface area (Å²) < 4.78 is 17.8. The first-order valence-electron chi connectivity index (χ1n) is 21.3. The van der Waals surface area contributed by atoms with Crippen LogP contribution in [0.15, 0.2) is 182 Å². The predicted molar refractivity (Wildman–Crippen MR) is 245 cm³/mol. The third kappa shape index (κ3) is 9.04. The van der Waals surface area contributed by atoms with Crippen molar-refractivity contribution < 1.29 is 23.8 Å². The topological polar surface area (TPSA) is 85.9 Å². The van der Waals surface area contributed by atoms with Crippen molar-refractivity contribution in [2.24, 2.45) is 0 Å². The van der Waals surface area contributed by atoms with E-state index in [1.54, 1.807) is 7.11 Å². The Balaban J connectivity index is 1.06. The third-order valence-electron chi connectivity index (χ3n) is 11.9. The first-order valence-corrected chi connectivity index (χ1v) is 21.3. The number of aryl methyl sites for hydroxylation is 2. The number of hydrogen-bond acceptors (Lipinski definition) is 6. The molecule has 312 valence electrons. The molecule has 0 bridgehead atoms. The van der Waals surface area contributed by atoms with E-state index in [-0.39, 0.29) is 18.9 Å². The van der Waals surface area contributed by atoms with E-state index in [2.05, 4.69) is 115 Å². The molecule has 1 amide bonds. The second-order valence-corrected chi connectivity index (χ2v) is 15.9. The van der Waals surface area contributed by atoms with E-state index in [0.717, 1.165) is 55.6 Å². The molecule has 1 unspecified atom stereocenters. The molecule has 7 nitrogen and oxygen atoms in total. The van der Waals surface area contributed by atoms with Gasteiger partial charge in [0, 0.05) is 5.92 Å². The van der Waals surface area contributed by atoms with Gasteiger partial charge in [-0.25, -0.2) is 9.59 Å². The van der Waals surface area contributed by atoms with E-state index in [1.807, 2.05) is 91.9 Å². The summed E-state index contributed by atoms with van der Waals surface area (Å²) in [7, 11) is 1.62. The zero-order valence-electron chi connectivity index (χ0n) is 35.4. The zero-order chi connectivity index (χ0) is 42.9. The number of nitrogens with one attached hydrogen (secondary N) is 2. The van der Waals surface area contributed by atoms with Crippen LogP contribution in [-0.4, -0.2) is 38.4 Å². The number of carbonyl (C=O) groups excluding carboxylic acids is 2. The maximum atomic E-state index is 14.6. The molecule has 0 fully saturated rings. The normalized spacial score (nSPS) is 13.0. The number of hydrogen-bond donors (Lipinski definition) is 2. The molecule has 1 aliphatic carbocycles. The molecule has 2 atom stereocenters. The number of fused-ring (bicyclic) bond motifs is 3. The number of amides is 1. The van der Waals surface area contributed by atoms with E-state index in [0.29, 0.717) is 18.7 Å². The molecular formula is C55H52N2O5. The average molecular weight is 821 g/mol. The lowest BCUT2D eigenvalue weighted by atomic mass is 9.76. The lowest BCUT2D eigenvalue weighted by molar-refractivity contribution is -0.150. The Hall–Kier alpha value is -6.96. The van der Waals surface area contributed by atoms with E-state index in [4.69, 9.17) is 14.2 Å².